The highest BCUT2D eigenvalue weighted by atomic mass is 32.1. The summed E-state index contributed by atoms with van der Waals surface area (Å²) in [6, 6.07) is 0. The van der Waals surface area contributed by atoms with Crippen LogP contribution in [0.1, 0.15) is 31.0 Å². The van der Waals surface area contributed by atoms with Crippen LogP contribution in [-0.2, 0) is 13.1 Å². The van der Waals surface area contributed by atoms with Gasteiger partial charge < -0.3 is 15.1 Å². The van der Waals surface area contributed by atoms with Crippen LogP contribution in [0, 0.1) is 11.8 Å². The van der Waals surface area contributed by atoms with E-state index in [-0.39, 0.29) is 0 Å². The molecular weight excluding hydrogens is 280 g/mol. The second-order valence-electron chi connectivity index (χ2n) is 6.87. The molecule has 2 rings (SSSR count). The van der Waals surface area contributed by atoms with Gasteiger partial charge in [-0.15, -0.1) is 11.3 Å². The van der Waals surface area contributed by atoms with Gasteiger partial charge in [-0.25, -0.2) is 4.98 Å². The van der Waals surface area contributed by atoms with Crippen LogP contribution in [0.2, 0.25) is 0 Å². The molecule has 0 radical (unpaired) electrons. The van der Waals surface area contributed by atoms with E-state index in [2.05, 4.69) is 48.4 Å². The summed E-state index contributed by atoms with van der Waals surface area (Å²) < 4.78 is 0. The molecule has 0 saturated carbocycles. The maximum absolute atomic E-state index is 4.74. The molecule has 1 atom stereocenters. The Kier molecular flexibility index (Phi) is 6.61. The van der Waals surface area contributed by atoms with E-state index in [4.69, 9.17) is 4.98 Å². The van der Waals surface area contributed by atoms with Crippen LogP contribution < -0.4 is 5.32 Å². The highest BCUT2D eigenvalue weighted by Gasteiger charge is 2.20. The Morgan fingerprint density at radius 1 is 1.52 bits per heavy atom. The molecule has 120 valence electrons. The molecule has 5 heteroatoms. The minimum atomic E-state index is 0.695. The normalized spacial score (nSPS) is 20.0. The minimum Gasteiger partial charge on any atom is -0.310 e. The topological polar surface area (TPSA) is 31.4 Å². The molecule has 0 amide bonds. The summed E-state index contributed by atoms with van der Waals surface area (Å²) in [6.45, 7) is 11.1. The molecule has 1 saturated heterocycles. The SMILES string of the molecule is CC(C)CNCc1nc(CN(C)CC2CCN(C)C2)cs1. The highest BCUT2D eigenvalue weighted by Crippen LogP contribution is 2.17. The van der Waals surface area contributed by atoms with E-state index in [0.29, 0.717) is 5.92 Å². The van der Waals surface area contributed by atoms with Crippen molar-refractivity contribution < 1.29 is 0 Å². The van der Waals surface area contributed by atoms with Gasteiger partial charge in [-0.1, -0.05) is 13.8 Å². The van der Waals surface area contributed by atoms with Gasteiger partial charge in [0.15, 0.2) is 0 Å². The fourth-order valence-corrected chi connectivity index (χ4v) is 3.68. The van der Waals surface area contributed by atoms with E-state index < -0.39 is 0 Å². The molecule has 0 spiro atoms. The quantitative estimate of drug-likeness (QED) is 0.798. The molecular formula is C16H30N4S. The molecule has 0 bridgehead atoms. The smallest absolute Gasteiger partial charge is 0.107 e. The van der Waals surface area contributed by atoms with Crippen molar-refractivity contribution >= 4 is 11.3 Å². The Morgan fingerprint density at radius 2 is 2.33 bits per heavy atom. The number of hydrogen-bond donors (Lipinski definition) is 1. The third-order valence-electron chi connectivity index (χ3n) is 3.92. The Bertz CT molecular complexity index is 418. The van der Waals surface area contributed by atoms with Gasteiger partial charge in [0.25, 0.3) is 0 Å². The first-order valence-corrected chi connectivity index (χ1v) is 8.92. The predicted molar refractivity (Wildman–Crippen MR) is 90.6 cm³/mol. The minimum absolute atomic E-state index is 0.695. The van der Waals surface area contributed by atoms with Crippen molar-refractivity contribution in [1.29, 1.82) is 0 Å². The molecule has 1 aromatic rings. The Hall–Kier alpha value is -0.490. The van der Waals surface area contributed by atoms with E-state index in [0.717, 1.165) is 25.6 Å². The summed E-state index contributed by atoms with van der Waals surface area (Å²) in [6.07, 6.45) is 1.34. The van der Waals surface area contributed by atoms with Crippen LogP contribution in [0.4, 0.5) is 0 Å². The fraction of sp³-hybridized carbons (Fsp3) is 0.812. The van der Waals surface area contributed by atoms with Gasteiger partial charge in [0.05, 0.1) is 5.69 Å². The van der Waals surface area contributed by atoms with Gasteiger partial charge in [0, 0.05) is 31.6 Å². The summed E-state index contributed by atoms with van der Waals surface area (Å²) in [4.78, 5) is 9.59. The zero-order valence-corrected chi connectivity index (χ0v) is 14.7. The Labute approximate surface area is 133 Å². The maximum Gasteiger partial charge on any atom is 0.107 e. The summed E-state index contributed by atoms with van der Waals surface area (Å²) in [5, 5.41) is 6.88. The fourth-order valence-electron chi connectivity index (χ4n) is 2.93. The van der Waals surface area contributed by atoms with Crippen molar-refractivity contribution in [2.45, 2.75) is 33.4 Å². The van der Waals surface area contributed by atoms with Gasteiger partial charge in [-0.3, -0.25) is 0 Å². The lowest BCUT2D eigenvalue weighted by atomic mass is 10.1. The van der Waals surface area contributed by atoms with Crippen LogP contribution in [0.15, 0.2) is 5.38 Å². The summed E-state index contributed by atoms with van der Waals surface area (Å²) >= 11 is 1.78. The number of thiazole rings is 1. The van der Waals surface area contributed by atoms with Crippen molar-refractivity contribution in [2.75, 3.05) is 40.3 Å². The Morgan fingerprint density at radius 3 is 3.00 bits per heavy atom. The first-order valence-electron chi connectivity index (χ1n) is 8.04. The molecule has 1 N–H and O–H groups in total. The zero-order valence-electron chi connectivity index (χ0n) is 13.9. The summed E-state index contributed by atoms with van der Waals surface area (Å²) in [5.41, 5.74) is 1.22. The number of nitrogens with zero attached hydrogens (tertiary/aromatic N) is 3. The monoisotopic (exact) mass is 310 g/mol. The molecule has 1 unspecified atom stereocenters. The number of hydrogen-bond acceptors (Lipinski definition) is 5. The average Bonchev–Trinajstić information content (AvgIpc) is 2.98. The predicted octanol–water partition coefficient (Wildman–Crippen LogP) is 2.27. The maximum atomic E-state index is 4.74. The molecule has 21 heavy (non-hydrogen) atoms. The second kappa shape index (κ2) is 8.22. The Balaban J connectivity index is 1.71. The standard InChI is InChI=1S/C16H30N4S/c1-13(2)7-17-8-16-18-15(12-21-16)11-20(4)10-14-5-6-19(3)9-14/h12-14,17H,5-11H2,1-4H3. The second-order valence-corrected chi connectivity index (χ2v) is 7.81. The van der Waals surface area contributed by atoms with Gasteiger partial charge >= 0.3 is 0 Å². The van der Waals surface area contributed by atoms with Crippen LogP contribution in [0.5, 0.6) is 0 Å². The first-order chi connectivity index (χ1) is 10.0. The third-order valence-corrected chi connectivity index (χ3v) is 4.82. The van der Waals surface area contributed by atoms with Crippen molar-refractivity contribution in [2.24, 2.45) is 11.8 Å². The van der Waals surface area contributed by atoms with E-state index in [1.807, 2.05) is 0 Å². The van der Waals surface area contributed by atoms with Crippen molar-refractivity contribution in [3.63, 3.8) is 0 Å². The number of nitrogens with one attached hydrogen (secondary N) is 1. The molecule has 0 aromatic carbocycles. The molecule has 0 aliphatic carbocycles. The van der Waals surface area contributed by atoms with E-state index >= 15 is 0 Å². The van der Waals surface area contributed by atoms with E-state index in [1.165, 1.54) is 36.8 Å². The largest absolute Gasteiger partial charge is 0.310 e. The van der Waals surface area contributed by atoms with Crippen LogP contribution in [0.3, 0.4) is 0 Å². The van der Waals surface area contributed by atoms with Crippen molar-refractivity contribution in [3.05, 3.63) is 16.1 Å². The first kappa shape index (κ1) is 16.9. The highest BCUT2D eigenvalue weighted by molar-refractivity contribution is 7.09. The molecule has 1 aromatic heterocycles. The van der Waals surface area contributed by atoms with E-state index in [1.54, 1.807) is 11.3 Å². The van der Waals surface area contributed by atoms with Crippen LogP contribution >= 0.6 is 11.3 Å². The molecule has 1 aliphatic heterocycles. The lowest BCUT2D eigenvalue weighted by molar-refractivity contribution is 0.265. The lowest BCUT2D eigenvalue weighted by Gasteiger charge is -2.19. The van der Waals surface area contributed by atoms with E-state index in [9.17, 15) is 0 Å². The van der Waals surface area contributed by atoms with Crippen LogP contribution in [0.25, 0.3) is 0 Å². The van der Waals surface area contributed by atoms with Gasteiger partial charge in [0.1, 0.15) is 5.01 Å². The third kappa shape index (κ3) is 6.02. The summed E-state index contributed by atoms with van der Waals surface area (Å²) in [7, 11) is 4.44. The van der Waals surface area contributed by atoms with Gasteiger partial charge in [0.2, 0.25) is 0 Å². The lowest BCUT2D eigenvalue weighted by Crippen LogP contribution is -2.27. The van der Waals surface area contributed by atoms with Crippen molar-refractivity contribution in [1.82, 2.24) is 20.1 Å². The van der Waals surface area contributed by atoms with Gasteiger partial charge in [-0.05, 0) is 45.4 Å². The average molecular weight is 311 g/mol. The number of rotatable bonds is 8. The number of aromatic nitrogens is 1. The van der Waals surface area contributed by atoms with Gasteiger partial charge in [-0.2, -0.15) is 0 Å². The molecule has 4 nitrogen and oxygen atoms in total. The number of likely N-dealkylation sites (tertiary alicyclic amines) is 1. The summed E-state index contributed by atoms with van der Waals surface area (Å²) in [5.74, 6) is 1.52. The molecule has 1 aliphatic rings. The van der Waals surface area contributed by atoms with Crippen molar-refractivity contribution in [3.8, 4) is 0 Å². The van der Waals surface area contributed by atoms with Crippen LogP contribution in [-0.4, -0.2) is 55.1 Å². The molecule has 1 fully saturated rings. The molecule has 2 heterocycles. The zero-order chi connectivity index (χ0) is 15.2.